The lowest BCUT2D eigenvalue weighted by molar-refractivity contribution is 0.0423. The molecule has 0 radical (unpaired) electrons. The van der Waals surface area contributed by atoms with E-state index in [1.807, 2.05) is 24.4 Å². The van der Waals surface area contributed by atoms with Gasteiger partial charge in [0.05, 0.1) is 17.7 Å². The topological polar surface area (TPSA) is 59.9 Å². The lowest BCUT2D eigenvalue weighted by Crippen LogP contribution is -2.53. The molecule has 0 spiro atoms. The molecule has 2 aromatic carbocycles. The Balaban J connectivity index is 1.16. The Morgan fingerprint density at radius 3 is 2.56 bits per heavy atom. The Bertz CT molecular complexity index is 1100. The van der Waals surface area contributed by atoms with Crippen LogP contribution in [-0.4, -0.2) is 82.1 Å². The van der Waals surface area contributed by atoms with Gasteiger partial charge in [0.15, 0.2) is 0 Å². The van der Waals surface area contributed by atoms with Crippen molar-refractivity contribution in [2.24, 2.45) is 0 Å². The van der Waals surface area contributed by atoms with Crippen LogP contribution in [0.15, 0.2) is 60.8 Å². The van der Waals surface area contributed by atoms with Crippen molar-refractivity contribution in [1.82, 2.24) is 19.7 Å². The van der Waals surface area contributed by atoms with E-state index in [9.17, 15) is 9.90 Å². The highest BCUT2D eigenvalue weighted by Crippen LogP contribution is 2.22. The van der Waals surface area contributed by atoms with Crippen molar-refractivity contribution >= 4 is 28.4 Å². The number of para-hydroxylation sites is 1. The average Bonchev–Trinajstić information content (AvgIpc) is 3.21. The second-order valence-electron chi connectivity index (χ2n) is 8.70. The highest BCUT2D eigenvalue weighted by atomic mass is 35.5. The molecule has 0 aliphatic carbocycles. The summed E-state index contributed by atoms with van der Waals surface area (Å²) in [5, 5.41) is 12.5. The molecular weight excluding hydrogens is 424 g/mol. The van der Waals surface area contributed by atoms with Crippen LogP contribution in [0.25, 0.3) is 10.9 Å². The average molecular weight is 451 g/mol. The van der Waals surface area contributed by atoms with E-state index in [-0.39, 0.29) is 11.9 Å². The van der Waals surface area contributed by atoms with Crippen molar-refractivity contribution in [3.63, 3.8) is 0 Å². The number of carbonyl (C=O) groups is 1. The third-order valence-corrected chi connectivity index (χ3v) is 6.82. The molecule has 6 nitrogen and oxygen atoms in total. The van der Waals surface area contributed by atoms with Crippen molar-refractivity contribution in [1.29, 1.82) is 0 Å². The third kappa shape index (κ3) is 4.50. The number of halogens is 1. The number of hydrogen-bond donors (Lipinski definition) is 1. The number of β-amino-alcohol motifs (C(OH)–C–C–N with tert-alkyl or cyclic N) is 1. The van der Waals surface area contributed by atoms with Gasteiger partial charge in [-0.15, -0.1) is 0 Å². The summed E-state index contributed by atoms with van der Waals surface area (Å²) < 4.78 is 0. The fourth-order valence-corrected chi connectivity index (χ4v) is 4.91. The molecule has 2 aliphatic heterocycles. The minimum Gasteiger partial charge on any atom is -0.390 e. The molecule has 2 aliphatic rings. The van der Waals surface area contributed by atoms with Crippen molar-refractivity contribution in [3.8, 4) is 0 Å². The SMILES string of the molecule is O=C(c1ccc(Cl)cc1)N1C[C@H](O)[C@@H](N2CCN(Cc3cnc4ccccc4c3)CC2)C1. The van der Waals surface area contributed by atoms with Crippen LogP contribution in [0.4, 0.5) is 0 Å². The van der Waals surface area contributed by atoms with Gasteiger partial charge in [-0.05, 0) is 42.0 Å². The zero-order chi connectivity index (χ0) is 22.1. The van der Waals surface area contributed by atoms with Gasteiger partial charge in [-0.25, -0.2) is 0 Å². The fourth-order valence-electron chi connectivity index (χ4n) is 4.78. The number of rotatable bonds is 4. The summed E-state index contributed by atoms with van der Waals surface area (Å²) in [5.41, 5.74) is 2.85. The Labute approximate surface area is 193 Å². The number of aliphatic hydroxyl groups is 1. The van der Waals surface area contributed by atoms with Crippen LogP contribution in [0.2, 0.25) is 5.02 Å². The first kappa shape index (κ1) is 21.3. The monoisotopic (exact) mass is 450 g/mol. The zero-order valence-corrected chi connectivity index (χ0v) is 18.7. The maximum atomic E-state index is 12.8. The van der Waals surface area contributed by atoms with Gasteiger partial charge in [0.25, 0.3) is 5.91 Å². The summed E-state index contributed by atoms with van der Waals surface area (Å²) in [6, 6.07) is 17.3. The highest BCUT2D eigenvalue weighted by molar-refractivity contribution is 6.30. The maximum Gasteiger partial charge on any atom is 0.253 e. The van der Waals surface area contributed by atoms with E-state index in [2.05, 4.69) is 26.9 Å². The van der Waals surface area contributed by atoms with Crippen LogP contribution in [0.5, 0.6) is 0 Å². The van der Waals surface area contributed by atoms with Gasteiger partial charge in [-0.3, -0.25) is 19.6 Å². The van der Waals surface area contributed by atoms with Gasteiger partial charge < -0.3 is 10.0 Å². The first-order chi connectivity index (χ1) is 15.6. The van der Waals surface area contributed by atoms with E-state index in [1.54, 1.807) is 29.2 Å². The molecule has 3 heterocycles. The number of nitrogens with zero attached hydrogens (tertiary/aromatic N) is 4. The smallest absolute Gasteiger partial charge is 0.253 e. The van der Waals surface area contributed by atoms with Gasteiger partial charge in [-0.1, -0.05) is 29.8 Å². The molecule has 3 aromatic rings. The summed E-state index contributed by atoms with van der Waals surface area (Å²) in [5.74, 6) is -0.0503. The molecule has 2 saturated heterocycles. The summed E-state index contributed by atoms with van der Waals surface area (Å²) in [7, 11) is 0. The first-order valence-corrected chi connectivity index (χ1v) is 11.5. The molecule has 2 fully saturated rings. The van der Waals surface area contributed by atoms with Crippen molar-refractivity contribution in [2.75, 3.05) is 39.3 Å². The van der Waals surface area contributed by atoms with Gasteiger partial charge in [0.2, 0.25) is 0 Å². The van der Waals surface area contributed by atoms with Crippen LogP contribution in [-0.2, 0) is 6.54 Å². The second-order valence-corrected chi connectivity index (χ2v) is 9.14. The molecule has 2 atom stereocenters. The molecule has 1 aromatic heterocycles. The maximum absolute atomic E-state index is 12.8. The highest BCUT2D eigenvalue weighted by Gasteiger charge is 2.38. The molecule has 1 amide bonds. The minimum absolute atomic E-state index is 0.0178. The van der Waals surface area contributed by atoms with E-state index >= 15 is 0 Å². The number of carbonyl (C=O) groups excluding carboxylic acids is 1. The number of pyridine rings is 1. The molecule has 32 heavy (non-hydrogen) atoms. The molecule has 0 unspecified atom stereocenters. The first-order valence-electron chi connectivity index (χ1n) is 11.1. The van der Waals surface area contributed by atoms with Crippen molar-refractivity contribution in [2.45, 2.75) is 18.7 Å². The van der Waals surface area contributed by atoms with E-state index in [1.165, 1.54) is 10.9 Å². The molecule has 0 saturated carbocycles. The molecule has 166 valence electrons. The van der Waals surface area contributed by atoms with E-state index in [0.717, 1.165) is 38.2 Å². The predicted molar refractivity (Wildman–Crippen MR) is 126 cm³/mol. The molecule has 0 bridgehead atoms. The number of hydrogen-bond acceptors (Lipinski definition) is 5. The molecular formula is C25H27ClN4O2. The van der Waals surface area contributed by atoms with Crippen LogP contribution in [0, 0.1) is 0 Å². The van der Waals surface area contributed by atoms with Gasteiger partial charge in [-0.2, -0.15) is 0 Å². The fraction of sp³-hybridized carbons (Fsp3) is 0.360. The Morgan fingerprint density at radius 1 is 1.03 bits per heavy atom. The van der Waals surface area contributed by atoms with E-state index < -0.39 is 6.10 Å². The number of fused-ring (bicyclic) bond motifs is 1. The number of aliphatic hydroxyl groups excluding tert-OH is 1. The van der Waals surface area contributed by atoms with Crippen molar-refractivity contribution < 1.29 is 9.90 Å². The van der Waals surface area contributed by atoms with Crippen LogP contribution in [0.3, 0.4) is 0 Å². The number of likely N-dealkylation sites (tertiary alicyclic amines) is 1. The summed E-state index contributed by atoms with van der Waals surface area (Å²) >= 11 is 5.93. The standard InChI is InChI=1S/C25H27ClN4O2/c26-21-7-5-19(6-8-21)25(32)30-16-23(24(31)17-30)29-11-9-28(10-12-29)15-18-13-20-3-1-2-4-22(20)27-14-18/h1-8,13-14,23-24,31H,9-12,15-17H2/t23-,24-/m0/s1. The number of benzene rings is 2. The Hall–Kier alpha value is -2.51. The van der Waals surface area contributed by atoms with E-state index in [0.29, 0.717) is 23.7 Å². The van der Waals surface area contributed by atoms with E-state index in [4.69, 9.17) is 11.6 Å². The quantitative estimate of drug-likeness (QED) is 0.662. The van der Waals surface area contributed by atoms with Crippen LogP contribution in [0.1, 0.15) is 15.9 Å². The predicted octanol–water partition coefficient (Wildman–Crippen LogP) is 2.89. The molecule has 1 N–H and O–H groups in total. The lowest BCUT2D eigenvalue weighted by Gasteiger charge is -2.38. The van der Waals surface area contributed by atoms with Gasteiger partial charge in [0, 0.05) is 68.0 Å². The largest absolute Gasteiger partial charge is 0.390 e. The molecule has 7 heteroatoms. The summed E-state index contributed by atoms with van der Waals surface area (Å²) in [4.78, 5) is 23.9. The van der Waals surface area contributed by atoms with Gasteiger partial charge in [0.1, 0.15) is 0 Å². The van der Waals surface area contributed by atoms with Crippen molar-refractivity contribution in [3.05, 3.63) is 76.9 Å². The normalized spacial score (nSPS) is 22.5. The summed E-state index contributed by atoms with van der Waals surface area (Å²) in [6.07, 6.45) is 1.44. The number of aromatic nitrogens is 1. The third-order valence-electron chi connectivity index (χ3n) is 6.57. The molecule has 5 rings (SSSR count). The number of piperazine rings is 1. The second kappa shape index (κ2) is 9.16. The summed E-state index contributed by atoms with van der Waals surface area (Å²) in [6.45, 7) is 5.42. The Morgan fingerprint density at radius 2 is 1.78 bits per heavy atom. The number of amides is 1. The zero-order valence-electron chi connectivity index (χ0n) is 17.9. The lowest BCUT2D eigenvalue weighted by atomic mass is 10.1. The Kier molecular flexibility index (Phi) is 6.11. The van der Waals surface area contributed by atoms with Crippen LogP contribution >= 0.6 is 11.6 Å². The van der Waals surface area contributed by atoms with Gasteiger partial charge >= 0.3 is 0 Å². The minimum atomic E-state index is -0.525. The van der Waals surface area contributed by atoms with Crippen LogP contribution < -0.4 is 0 Å².